The first-order valence-electron chi connectivity index (χ1n) is 12.0. The number of esters is 1. The molecule has 0 amide bonds. The van der Waals surface area contributed by atoms with Crippen LogP contribution in [-0.2, 0) is 28.6 Å². The molecule has 3 aromatic heterocycles. The minimum absolute atomic E-state index is 0.0311. The third-order valence-corrected chi connectivity index (χ3v) is 5.62. The first-order valence-corrected chi connectivity index (χ1v) is 12.0. The predicted molar refractivity (Wildman–Crippen MR) is 130 cm³/mol. The molecule has 0 bridgehead atoms. The number of fused-ring (bicyclic) bond motifs is 1. The van der Waals surface area contributed by atoms with E-state index in [0.29, 0.717) is 23.3 Å². The molecule has 2 N–H and O–H groups in total. The molecular formula is C25H26F3N5O6. The van der Waals surface area contributed by atoms with Gasteiger partial charge in [0.25, 0.3) is 5.88 Å². The molecule has 0 aliphatic carbocycles. The highest BCUT2D eigenvalue weighted by molar-refractivity contribution is 5.91. The van der Waals surface area contributed by atoms with Gasteiger partial charge in [-0.2, -0.15) is 18.3 Å². The van der Waals surface area contributed by atoms with Gasteiger partial charge in [0.05, 0.1) is 56.0 Å². The molecule has 39 heavy (non-hydrogen) atoms. The highest BCUT2D eigenvalue weighted by Crippen LogP contribution is 2.37. The highest BCUT2D eigenvalue weighted by atomic mass is 19.4. The van der Waals surface area contributed by atoms with E-state index in [1.54, 1.807) is 18.2 Å². The lowest BCUT2D eigenvalue weighted by molar-refractivity contribution is -0.141. The summed E-state index contributed by atoms with van der Waals surface area (Å²) in [6.45, 7) is 1.60. The Kier molecular flexibility index (Phi) is 8.79. The van der Waals surface area contributed by atoms with Crippen LogP contribution < -0.4 is 4.74 Å². The molecule has 0 aliphatic rings. The summed E-state index contributed by atoms with van der Waals surface area (Å²) in [6.07, 6.45) is 1.05. The molecule has 14 heteroatoms. The topological polar surface area (TPSA) is 133 Å². The molecule has 0 aliphatic heterocycles. The number of halogens is 3. The first kappa shape index (κ1) is 28.0. The van der Waals surface area contributed by atoms with Gasteiger partial charge in [0.2, 0.25) is 5.65 Å². The molecule has 0 radical (unpaired) electrons. The molecule has 0 fully saturated rings. The number of hydrogen-bond donors (Lipinski definition) is 2. The number of imidazole rings is 1. The summed E-state index contributed by atoms with van der Waals surface area (Å²) in [6, 6.07) is 4.75. The standard InChI is InChI=1S/C25H26F3N5O6/c1-2-16-13-17(3-4-18(16)24(36)38-12-11-37-10-9-35)39-23-22-30-14-20(33(22)6-5-29-23)19-15-32(7-8-34)31-21(19)25(26,27)28/h3-6,13-15,34-35H,2,7-12H2,1H3. The molecule has 0 saturated heterocycles. The third-order valence-electron chi connectivity index (χ3n) is 5.62. The SMILES string of the molecule is CCc1cc(Oc2nccn3c(-c4cn(CCO)nc4C(F)(F)F)cnc23)ccc1C(=O)OCCOCCO. The zero-order valence-electron chi connectivity index (χ0n) is 20.9. The fourth-order valence-electron chi connectivity index (χ4n) is 3.88. The molecule has 3 heterocycles. The van der Waals surface area contributed by atoms with Crippen LogP contribution in [0, 0.1) is 0 Å². The number of carbonyl (C=O) groups is 1. The minimum Gasteiger partial charge on any atom is -0.460 e. The molecular weight excluding hydrogens is 523 g/mol. The highest BCUT2D eigenvalue weighted by Gasteiger charge is 2.38. The van der Waals surface area contributed by atoms with Crippen molar-refractivity contribution >= 4 is 11.6 Å². The van der Waals surface area contributed by atoms with Crippen LogP contribution >= 0.6 is 0 Å². The summed E-state index contributed by atoms with van der Waals surface area (Å²) in [7, 11) is 0. The van der Waals surface area contributed by atoms with Crippen molar-refractivity contribution in [3.8, 4) is 22.9 Å². The van der Waals surface area contributed by atoms with Gasteiger partial charge in [-0.15, -0.1) is 0 Å². The average molecular weight is 550 g/mol. The van der Waals surface area contributed by atoms with Gasteiger partial charge in [0, 0.05) is 18.6 Å². The van der Waals surface area contributed by atoms with Crippen molar-refractivity contribution in [2.45, 2.75) is 26.1 Å². The van der Waals surface area contributed by atoms with Gasteiger partial charge in [-0.3, -0.25) is 9.08 Å². The number of aromatic nitrogens is 5. The number of aryl methyl sites for hydroxylation is 1. The molecule has 0 saturated carbocycles. The summed E-state index contributed by atoms with van der Waals surface area (Å²) in [5.41, 5.74) is -0.0358. The van der Waals surface area contributed by atoms with E-state index in [2.05, 4.69) is 15.1 Å². The second kappa shape index (κ2) is 12.2. The Bertz CT molecular complexity index is 1440. The number of carbonyl (C=O) groups excluding carboxylic acids is 1. The van der Waals surface area contributed by atoms with Crippen LogP contribution in [0.1, 0.15) is 28.5 Å². The van der Waals surface area contributed by atoms with Crippen molar-refractivity contribution in [1.82, 2.24) is 24.1 Å². The van der Waals surface area contributed by atoms with Gasteiger partial charge >= 0.3 is 12.1 Å². The van der Waals surface area contributed by atoms with E-state index in [0.717, 1.165) is 4.68 Å². The van der Waals surface area contributed by atoms with Crippen LogP contribution in [-0.4, -0.2) is 73.4 Å². The van der Waals surface area contributed by atoms with E-state index in [4.69, 9.17) is 24.4 Å². The smallest absolute Gasteiger partial charge is 0.435 e. The molecule has 4 aromatic rings. The first-order chi connectivity index (χ1) is 18.8. The third kappa shape index (κ3) is 6.35. The van der Waals surface area contributed by atoms with Crippen molar-refractivity contribution in [3.05, 3.63) is 59.8 Å². The fourth-order valence-corrected chi connectivity index (χ4v) is 3.88. The van der Waals surface area contributed by atoms with Crippen LogP contribution in [0.25, 0.3) is 16.9 Å². The van der Waals surface area contributed by atoms with Gasteiger partial charge in [0.15, 0.2) is 5.69 Å². The summed E-state index contributed by atoms with van der Waals surface area (Å²) in [5, 5.41) is 21.4. The van der Waals surface area contributed by atoms with Crippen LogP contribution in [0.4, 0.5) is 13.2 Å². The fraction of sp³-hybridized carbons (Fsp3) is 0.360. The Morgan fingerprint density at radius 1 is 1.10 bits per heavy atom. The Balaban J connectivity index is 1.59. The normalized spacial score (nSPS) is 11.7. The zero-order valence-corrected chi connectivity index (χ0v) is 20.9. The molecule has 1 aromatic carbocycles. The van der Waals surface area contributed by atoms with E-state index in [9.17, 15) is 18.0 Å². The number of benzene rings is 1. The number of hydrogen-bond acceptors (Lipinski definition) is 9. The maximum absolute atomic E-state index is 13.7. The summed E-state index contributed by atoms with van der Waals surface area (Å²) in [4.78, 5) is 20.9. The molecule has 0 spiro atoms. The average Bonchev–Trinajstić information content (AvgIpc) is 3.53. The van der Waals surface area contributed by atoms with Crippen LogP contribution in [0.3, 0.4) is 0 Å². The number of ether oxygens (including phenoxy) is 3. The van der Waals surface area contributed by atoms with E-state index >= 15 is 0 Å². The molecule has 0 unspecified atom stereocenters. The minimum atomic E-state index is -4.72. The summed E-state index contributed by atoms with van der Waals surface area (Å²) >= 11 is 0. The van der Waals surface area contributed by atoms with Gasteiger partial charge in [-0.25, -0.2) is 14.8 Å². The predicted octanol–water partition coefficient (Wildman–Crippen LogP) is 3.12. The van der Waals surface area contributed by atoms with Crippen molar-refractivity contribution in [1.29, 1.82) is 0 Å². The van der Waals surface area contributed by atoms with Gasteiger partial charge in [-0.05, 0) is 30.2 Å². The Hall–Kier alpha value is -4.01. The summed E-state index contributed by atoms with van der Waals surface area (Å²) in [5.74, 6) is -0.156. The van der Waals surface area contributed by atoms with Crippen molar-refractivity contribution < 1.29 is 42.4 Å². The van der Waals surface area contributed by atoms with Gasteiger partial charge in [0.1, 0.15) is 12.4 Å². The van der Waals surface area contributed by atoms with Crippen molar-refractivity contribution in [2.75, 3.05) is 33.0 Å². The van der Waals surface area contributed by atoms with Crippen LogP contribution in [0.5, 0.6) is 11.6 Å². The molecule has 208 valence electrons. The Morgan fingerprint density at radius 2 is 1.92 bits per heavy atom. The van der Waals surface area contributed by atoms with E-state index in [1.165, 1.54) is 29.2 Å². The second-order valence-electron chi connectivity index (χ2n) is 8.19. The number of rotatable bonds is 12. The lowest BCUT2D eigenvalue weighted by atomic mass is 10.1. The van der Waals surface area contributed by atoms with Crippen molar-refractivity contribution in [3.63, 3.8) is 0 Å². The summed E-state index contributed by atoms with van der Waals surface area (Å²) < 4.78 is 59.7. The quantitative estimate of drug-likeness (QED) is 0.202. The molecule has 4 rings (SSSR count). The number of aliphatic hydroxyl groups excluding tert-OH is 2. The van der Waals surface area contributed by atoms with Gasteiger partial charge < -0.3 is 24.4 Å². The van der Waals surface area contributed by atoms with E-state index in [1.807, 2.05) is 6.92 Å². The van der Waals surface area contributed by atoms with Gasteiger partial charge in [-0.1, -0.05) is 6.92 Å². The zero-order chi connectivity index (χ0) is 28.0. The number of alkyl halides is 3. The number of aliphatic hydroxyl groups is 2. The maximum atomic E-state index is 13.7. The van der Waals surface area contributed by atoms with Crippen molar-refractivity contribution in [2.24, 2.45) is 0 Å². The second-order valence-corrected chi connectivity index (χ2v) is 8.19. The lowest BCUT2D eigenvalue weighted by Gasteiger charge is -2.12. The van der Waals surface area contributed by atoms with Crippen LogP contribution in [0.15, 0.2) is 43.0 Å². The maximum Gasteiger partial charge on any atom is 0.435 e. The molecule has 11 nitrogen and oxygen atoms in total. The monoisotopic (exact) mass is 549 g/mol. The lowest BCUT2D eigenvalue weighted by Crippen LogP contribution is -2.13. The largest absolute Gasteiger partial charge is 0.460 e. The Morgan fingerprint density at radius 3 is 2.64 bits per heavy atom. The van der Waals surface area contributed by atoms with Crippen LogP contribution in [0.2, 0.25) is 0 Å². The van der Waals surface area contributed by atoms with E-state index < -0.39 is 17.8 Å². The van der Waals surface area contributed by atoms with E-state index in [-0.39, 0.29) is 62.4 Å². The Labute approximate surface area is 220 Å². The molecule has 0 atom stereocenters. The number of nitrogens with zero attached hydrogens (tertiary/aromatic N) is 5.